The van der Waals surface area contributed by atoms with Crippen LogP contribution >= 0.6 is 11.8 Å². The topological polar surface area (TPSA) is 92.2 Å². The van der Waals surface area contributed by atoms with Gasteiger partial charge in [-0.3, -0.25) is 9.59 Å². The number of rotatable bonds is 8. The molecule has 1 aliphatic rings. The van der Waals surface area contributed by atoms with E-state index in [0.717, 1.165) is 11.1 Å². The van der Waals surface area contributed by atoms with Crippen LogP contribution in [0, 0.1) is 0 Å². The van der Waals surface area contributed by atoms with Crippen molar-refractivity contribution in [2.24, 2.45) is 10.2 Å². The van der Waals surface area contributed by atoms with Gasteiger partial charge in [0.25, 0.3) is 0 Å². The number of amides is 2. The van der Waals surface area contributed by atoms with Gasteiger partial charge in [-0.2, -0.15) is 5.10 Å². The first-order chi connectivity index (χ1) is 16.2. The van der Waals surface area contributed by atoms with Gasteiger partial charge in [-0.05, 0) is 29.8 Å². The maximum Gasteiger partial charge on any atom is 0.240 e. The molecule has 1 aliphatic heterocycles. The SMILES string of the molecule is O=C(CC1S/C(=N\N=C\c2ccccc2OCc2ccccc2)NC1=O)Nc1ccccc1. The molecule has 33 heavy (non-hydrogen) atoms. The molecule has 2 N–H and O–H groups in total. The highest BCUT2D eigenvalue weighted by molar-refractivity contribution is 8.15. The number of hydrogen-bond acceptors (Lipinski definition) is 6. The van der Waals surface area contributed by atoms with Gasteiger partial charge in [-0.15, -0.1) is 5.10 Å². The molecule has 0 aliphatic carbocycles. The molecule has 0 radical (unpaired) electrons. The van der Waals surface area contributed by atoms with Crippen LogP contribution in [0.3, 0.4) is 0 Å². The summed E-state index contributed by atoms with van der Waals surface area (Å²) in [6.07, 6.45) is 1.62. The fourth-order valence-electron chi connectivity index (χ4n) is 3.09. The molecule has 0 bridgehead atoms. The van der Waals surface area contributed by atoms with Crippen molar-refractivity contribution in [3.63, 3.8) is 0 Å². The lowest BCUT2D eigenvalue weighted by Crippen LogP contribution is -2.28. The van der Waals surface area contributed by atoms with E-state index in [2.05, 4.69) is 20.8 Å². The monoisotopic (exact) mass is 458 g/mol. The maximum absolute atomic E-state index is 12.2. The number of hydrogen-bond donors (Lipinski definition) is 2. The number of thioether (sulfide) groups is 1. The highest BCUT2D eigenvalue weighted by Gasteiger charge is 2.32. The summed E-state index contributed by atoms with van der Waals surface area (Å²) in [6, 6.07) is 26.5. The minimum Gasteiger partial charge on any atom is -0.488 e. The summed E-state index contributed by atoms with van der Waals surface area (Å²) in [4.78, 5) is 24.4. The lowest BCUT2D eigenvalue weighted by Gasteiger charge is -2.08. The van der Waals surface area contributed by atoms with E-state index in [9.17, 15) is 9.59 Å². The van der Waals surface area contributed by atoms with E-state index in [0.29, 0.717) is 23.2 Å². The number of anilines is 1. The van der Waals surface area contributed by atoms with Gasteiger partial charge in [-0.25, -0.2) is 0 Å². The summed E-state index contributed by atoms with van der Waals surface area (Å²) in [5, 5.41) is 13.5. The molecule has 4 rings (SSSR count). The summed E-state index contributed by atoms with van der Waals surface area (Å²) in [5.41, 5.74) is 2.53. The highest BCUT2D eigenvalue weighted by Crippen LogP contribution is 2.23. The van der Waals surface area contributed by atoms with Gasteiger partial charge in [0.15, 0.2) is 5.17 Å². The third-order valence-corrected chi connectivity index (χ3v) is 5.78. The number of amidine groups is 1. The highest BCUT2D eigenvalue weighted by atomic mass is 32.2. The lowest BCUT2D eigenvalue weighted by molar-refractivity contribution is -0.122. The quantitative estimate of drug-likeness (QED) is 0.391. The molecule has 1 fully saturated rings. The van der Waals surface area contributed by atoms with Crippen molar-refractivity contribution in [1.29, 1.82) is 0 Å². The van der Waals surface area contributed by atoms with E-state index in [-0.39, 0.29) is 18.2 Å². The first kappa shape index (κ1) is 22.3. The number of carbonyl (C=O) groups is 2. The molecule has 1 saturated heterocycles. The smallest absolute Gasteiger partial charge is 0.240 e. The average Bonchev–Trinajstić information content (AvgIpc) is 3.18. The van der Waals surface area contributed by atoms with Crippen LogP contribution < -0.4 is 15.4 Å². The summed E-state index contributed by atoms with van der Waals surface area (Å²) in [5.74, 6) is 0.190. The van der Waals surface area contributed by atoms with Gasteiger partial charge >= 0.3 is 0 Å². The molecule has 7 nitrogen and oxygen atoms in total. The van der Waals surface area contributed by atoms with Crippen LogP contribution in [0.15, 0.2) is 95.1 Å². The first-order valence-electron chi connectivity index (χ1n) is 10.4. The Balaban J connectivity index is 1.33. The number of nitrogens with one attached hydrogen (secondary N) is 2. The molecule has 2 amide bonds. The van der Waals surface area contributed by atoms with Crippen molar-refractivity contribution in [3.8, 4) is 5.75 Å². The Bertz CT molecular complexity index is 1170. The standard InChI is InChI=1S/C25H22N4O3S/c30-23(27-20-12-5-2-6-13-20)15-22-24(31)28-25(33-22)29-26-16-19-11-7-8-14-21(19)32-17-18-9-3-1-4-10-18/h1-14,16,22H,15,17H2,(H,27,30)(H,28,29,31)/b26-16+. The van der Waals surface area contributed by atoms with Crippen molar-refractivity contribution in [2.75, 3.05) is 5.32 Å². The largest absolute Gasteiger partial charge is 0.488 e. The second kappa shape index (κ2) is 11.1. The average molecular weight is 459 g/mol. The Hall–Kier alpha value is -3.91. The second-order valence-electron chi connectivity index (χ2n) is 7.18. The number of carbonyl (C=O) groups excluding carboxylic acids is 2. The number of nitrogens with zero attached hydrogens (tertiary/aromatic N) is 2. The molecule has 0 saturated carbocycles. The molecular weight excluding hydrogens is 436 g/mol. The minimum atomic E-state index is -0.552. The van der Waals surface area contributed by atoms with Crippen molar-refractivity contribution in [1.82, 2.24) is 5.32 Å². The van der Waals surface area contributed by atoms with Crippen molar-refractivity contribution >= 4 is 40.6 Å². The maximum atomic E-state index is 12.2. The predicted molar refractivity (Wildman–Crippen MR) is 131 cm³/mol. The van der Waals surface area contributed by atoms with Gasteiger partial charge in [0.05, 0.1) is 6.21 Å². The zero-order chi connectivity index (χ0) is 22.9. The Morgan fingerprint density at radius 2 is 1.70 bits per heavy atom. The Morgan fingerprint density at radius 1 is 1.00 bits per heavy atom. The van der Waals surface area contributed by atoms with E-state index >= 15 is 0 Å². The van der Waals surface area contributed by atoms with Gasteiger partial charge in [-0.1, -0.05) is 72.4 Å². The van der Waals surface area contributed by atoms with Gasteiger partial charge < -0.3 is 15.4 Å². The lowest BCUT2D eigenvalue weighted by atomic mass is 10.2. The van der Waals surface area contributed by atoms with Crippen molar-refractivity contribution < 1.29 is 14.3 Å². The van der Waals surface area contributed by atoms with Gasteiger partial charge in [0.1, 0.15) is 17.6 Å². The third-order valence-electron chi connectivity index (χ3n) is 4.71. The molecule has 8 heteroatoms. The zero-order valence-corrected chi connectivity index (χ0v) is 18.5. The van der Waals surface area contributed by atoms with Crippen LogP contribution in [-0.2, 0) is 16.2 Å². The van der Waals surface area contributed by atoms with Crippen LogP contribution in [0.5, 0.6) is 5.75 Å². The molecule has 0 spiro atoms. The van der Waals surface area contributed by atoms with Crippen LogP contribution in [0.1, 0.15) is 17.5 Å². The Labute approximate surface area is 196 Å². The Morgan fingerprint density at radius 3 is 2.48 bits per heavy atom. The first-order valence-corrected chi connectivity index (χ1v) is 11.2. The minimum absolute atomic E-state index is 0.0459. The zero-order valence-electron chi connectivity index (χ0n) is 17.7. The molecule has 1 atom stereocenters. The van der Waals surface area contributed by atoms with Crippen LogP contribution in [0.4, 0.5) is 5.69 Å². The molecular formula is C25H22N4O3S. The molecule has 1 heterocycles. The summed E-state index contributed by atoms with van der Waals surface area (Å²) >= 11 is 1.19. The summed E-state index contributed by atoms with van der Waals surface area (Å²) in [7, 11) is 0. The summed E-state index contributed by atoms with van der Waals surface area (Å²) in [6.45, 7) is 0.443. The molecule has 166 valence electrons. The number of ether oxygens (including phenoxy) is 1. The van der Waals surface area contributed by atoms with Crippen molar-refractivity contribution in [3.05, 3.63) is 96.1 Å². The van der Waals surface area contributed by atoms with Crippen LogP contribution in [-0.4, -0.2) is 28.4 Å². The van der Waals surface area contributed by atoms with Crippen LogP contribution in [0.2, 0.25) is 0 Å². The predicted octanol–water partition coefficient (Wildman–Crippen LogP) is 4.22. The fourth-order valence-corrected chi connectivity index (χ4v) is 4.01. The van der Waals surface area contributed by atoms with E-state index in [4.69, 9.17) is 4.74 Å². The van der Waals surface area contributed by atoms with Crippen LogP contribution in [0.25, 0.3) is 0 Å². The van der Waals surface area contributed by atoms with E-state index in [1.807, 2.05) is 72.8 Å². The normalized spacial score (nSPS) is 16.7. The van der Waals surface area contributed by atoms with E-state index in [1.54, 1.807) is 18.3 Å². The van der Waals surface area contributed by atoms with Gasteiger partial charge in [0, 0.05) is 17.7 Å². The number of para-hydroxylation sites is 2. The Kier molecular flexibility index (Phi) is 7.50. The molecule has 3 aromatic carbocycles. The fraction of sp³-hybridized carbons (Fsp3) is 0.120. The van der Waals surface area contributed by atoms with E-state index in [1.165, 1.54) is 11.8 Å². The number of benzene rings is 3. The molecule has 1 unspecified atom stereocenters. The van der Waals surface area contributed by atoms with Crippen molar-refractivity contribution in [2.45, 2.75) is 18.3 Å². The van der Waals surface area contributed by atoms with E-state index < -0.39 is 5.25 Å². The summed E-state index contributed by atoms with van der Waals surface area (Å²) < 4.78 is 5.91. The third kappa shape index (κ3) is 6.54. The second-order valence-corrected chi connectivity index (χ2v) is 8.37. The van der Waals surface area contributed by atoms with Gasteiger partial charge in [0.2, 0.25) is 11.8 Å². The molecule has 0 aromatic heterocycles. The molecule has 3 aromatic rings.